The smallest absolute Gasteiger partial charge is 0.351 e. The Kier molecular flexibility index (Phi) is 15.2. The van der Waals surface area contributed by atoms with Crippen molar-refractivity contribution in [3.05, 3.63) is 0 Å². The summed E-state index contributed by atoms with van der Waals surface area (Å²) in [6.07, 6.45) is -9.04. The molecule has 0 fully saturated rings. The normalized spacial score (nSPS) is 13.7. The van der Waals surface area contributed by atoms with Crippen molar-refractivity contribution in [2.24, 2.45) is 5.40 Å². The third kappa shape index (κ3) is 22.7. The summed E-state index contributed by atoms with van der Waals surface area (Å²) in [6.45, 7) is 0. The summed E-state index contributed by atoms with van der Waals surface area (Å²) in [5.74, 6) is 0. The van der Waals surface area contributed by atoms with Crippen molar-refractivity contribution < 1.29 is 39.5 Å². The third-order valence-electron chi connectivity index (χ3n) is 5.65. The molecule has 0 saturated heterocycles. The molecule has 0 atom stereocenters. The lowest BCUT2D eigenvalue weighted by molar-refractivity contribution is -0.136. The highest BCUT2D eigenvalue weighted by Crippen LogP contribution is 2.29. The molecule has 0 unspecified atom stereocenters. The lowest BCUT2D eigenvalue weighted by Crippen LogP contribution is -2.45. The monoisotopic (exact) mass is 503 g/mol. The van der Waals surface area contributed by atoms with E-state index in [1.807, 2.05) is 0 Å². The van der Waals surface area contributed by atoms with Gasteiger partial charge in [0.05, 0.1) is 0 Å². The maximum Gasteiger partial charge on any atom is 0.389 e. The maximum atomic E-state index is 12.2. The van der Waals surface area contributed by atoms with E-state index in [9.17, 15) is 39.5 Å². The Morgan fingerprint density at radius 1 is 0.375 bits per heavy atom. The molecule has 0 heterocycles. The maximum absolute atomic E-state index is 12.2. The van der Waals surface area contributed by atoms with Gasteiger partial charge in [0.2, 0.25) is 0 Å². The standard InChI is InChI=1S/C21H38F9NSi/c22-19(23,24)13-7-1-4-10-16-32(31,17-11-5-2-8-14-20(25,26)27)18-12-6-3-9-15-21(28,29)30/h1-18,31H2. The highest BCUT2D eigenvalue weighted by atomic mass is 28.3. The van der Waals surface area contributed by atoms with Crippen molar-refractivity contribution >= 4 is 8.24 Å². The second kappa shape index (κ2) is 15.4. The Hall–Kier alpha value is -0.453. The van der Waals surface area contributed by atoms with Crippen LogP contribution in [0, 0.1) is 0 Å². The molecule has 0 amide bonds. The zero-order valence-electron chi connectivity index (χ0n) is 18.7. The van der Waals surface area contributed by atoms with E-state index in [1.54, 1.807) is 0 Å². The summed E-state index contributed by atoms with van der Waals surface area (Å²) in [6, 6.07) is 2.22. The SMILES string of the molecule is N[Si](CCCCCCC(F)(F)F)(CCCCCCC(F)(F)F)CCCCCCC(F)(F)F. The van der Waals surface area contributed by atoms with E-state index in [0.29, 0.717) is 38.5 Å². The summed E-state index contributed by atoms with van der Waals surface area (Å²) >= 11 is 0. The second-order valence-corrected chi connectivity index (χ2v) is 13.2. The first kappa shape index (κ1) is 31.5. The molecule has 0 rings (SSSR count). The van der Waals surface area contributed by atoms with Crippen LogP contribution in [0.1, 0.15) is 96.3 Å². The average Bonchev–Trinajstić information content (AvgIpc) is 2.61. The number of alkyl halides is 9. The first-order valence-corrected chi connectivity index (χ1v) is 14.3. The Morgan fingerprint density at radius 2 is 0.594 bits per heavy atom. The Bertz CT molecular complexity index is 397. The van der Waals surface area contributed by atoms with Crippen LogP contribution in [0.15, 0.2) is 0 Å². The van der Waals surface area contributed by atoms with E-state index in [4.69, 9.17) is 5.40 Å². The van der Waals surface area contributed by atoms with Crippen molar-refractivity contribution in [2.45, 2.75) is 133 Å². The Balaban J connectivity index is 4.28. The van der Waals surface area contributed by atoms with E-state index in [1.165, 1.54) is 0 Å². The van der Waals surface area contributed by atoms with Crippen LogP contribution >= 0.6 is 0 Å². The van der Waals surface area contributed by atoms with E-state index in [-0.39, 0.29) is 19.3 Å². The van der Waals surface area contributed by atoms with Crippen molar-refractivity contribution in [3.8, 4) is 0 Å². The van der Waals surface area contributed by atoms with Gasteiger partial charge in [-0.2, -0.15) is 39.5 Å². The van der Waals surface area contributed by atoms with Gasteiger partial charge in [-0.25, -0.2) is 0 Å². The average molecular weight is 504 g/mol. The number of hydrogen-bond acceptors (Lipinski definition) is 1. The summed E-state index contributed by atoms with van der Waals surface area (Å²) in [5.41, 5.74) is 0. The fourth-order valence-electron chi connectivity index (χ4n) is 3.84. The van der Waals surface area contributed by atoms with Gasteiger partial charge in [-0.15, -0.1) is 0 Å². The number of hydrogen-bond donors (Lipinski definition) is 1. The number of nitrogens with two attached hydrogens (primary N) is 1. The molecular weight excluding hydrogens is 465 g/mol. The van der Waals surface area contributed by atoms with Crippen LogP contribution in [0.2, 0.25) is 18.1 Å². The number of halogens is 9. The van der Waals surface area contributed by atoms with Gasteiger partial charge in [-0.05, 0) is 37.4 Å². The van der Waals surface area contributed by atoms with Crippen LogP contribution in [0.5, 0.6) is 0 Å². The summed E-state index contributed by atoms with van der Waals surface area (Å²) in [5, 5.41) is 6.65. The van der Waals surface area contributed by atoms with Crippen LogP contribution in [0.3, 0.4) is 0 Å². The molecular formula is C21H38F9NSi. The van der Waals surface area contributed by atoms with Gasteiger partial charge < -0.3 is 5.40 Å². The van der Waals surface area contributed by atoms with Crippen molar-refractivity contribution in [3.63, 3.8) is 0 Å². The van der Waals surface area contributed by atoms with Crippen LogP contribution in [-0.2, 0) is 0 Å². The number of unbranched alkanes of at least 4 members (excludes halogenated alkanes) is 9. The lowest BCUT2D eigenvalue weighted by Gasteiger charge is -2.27. The predicted octanol–water partition coefficient (Wildman–Crippen LogP) is 9.43. The van der Waals surface area contributed by atoms with Gasteiger partial charge in [0, 0.05) is 19.3 Å². The van der Waals surface area contributed by atoms with E-state index >= 15 is 0 Å². The summed E-state index contributed by atoms with van der Waals surface area (Å²) in [4.78, 5) is 0. The Labute approximate surface area is 186 Å². The van der Waals surface area contributed by atoms with E-state index in [2.05, 4.69) is 0 Å². The summed E-state index contributed by atoms with van der Waals surface area (Å²) in [7, 11) is -2.21. The molecule has 11 heteroatoms. The molecule has 0 bridgehead atoms. The van der Waals surface area contributed by atoms with Crippen LogP contribution in [-0.4, -0.2) is 26.8 Å². The van der Waals surface area contributed by atoms with Gasteiger partial charge in [0.25, 0.3) is 0 Å². The van der Waals surface area contributed by atoms with Gasteiger partial charge in [0.1, 0.15) is 8.24 Å². The van der Waals surface area contributed by atoms with E-state index in [0.717, 1.165) is 37.4 Å². The molecule has 32 heavy (non-hydrogen) atoms. The van der Waals surface area contributed by atoms with Gasteiger partial charge >= 0.3 is 18.5 Å². The molecule has 0 saturated carbocycles. The fraction of sp³-hybridized carbons (Fsp3) is 1.00. The van der Waals surface area contributed by atoms with Crippen molar-refractivity contribution in [1.82, 2.24) is 0 Å². The van der Waals surface area contributed by atoms with Crippen LogP contribution in [0.25, 0.3) is 0 Å². The zero-order chi connectivity index (χ0) is 24.7. The highest BCUT2D eigenvalue weighted by Gasteiger charge is 2.29. The molecule has 0 aliphatic rings. The van der Waals surface area contributed by atoms with Gasteiger partial charge in [-0.3, -0.25) is 0 Å². The first-order valence-electron chi connectivity index (χ1n) is 11.6. The van der Waals surface area contributed by atoms with Gasteiger partial charge in [0.15, 0.2) is 0 Å². The van der Waals surface area contributed by atoms with Crippen molar-refractivity contribution in [1.29, 1.82) is 0 Å². The molecule has 1 nitrogen and oxygen atoms in total. The molecule has 0 spiro atoms. The predicted molar refractivity (Wildman–Crippen MR) is 112 cm³/mol. The zero-order valence-corrected chi connectivity index (χ0v) is 19.7. The molecule has 0 aromatic carbocycles. The minimum absolute atomic E-state index is 0.0844. The fourth-order valence-corrected chi connectivity index (χ4v) is 7.46. The first-order chi connectivity index (χ1) is 14.6. The molecule has 0 aliphatic carbocycles. The molecule has 194 valence electrons. The Morgan fingerprint density at radius 3 is 0.812 bits per heavy atom. The quantitative estimate of drug-likeness (QED) is 0.113. The topological polar surface area (TPSA) is 26.0 Å². The van der Waals surface area contributed by atoms with Crippen LogP contribution in [0.4, 0.5) is 39.5 Å². The molecule has 0 aliphatic heterocycles. The molecule has 0 aromatic heterocycles. The molecule has 0 aromatic rings. The lowest BCUT2D eigenvalue weighted by atomic mass is 10.1. The second-order valence-electron chi connectivity index (χ2n) is 8.95. The third-order valence-corrected chi connectivity index (χ3v) is 9.70. The highest BCUT2D eigenvalue weighted by molar-refractivity contribution is 6.76. The minimum Gasteiger partial charge on any atom is -0.351 e. The molecule has 0 radical (unpaired) electrons. The largest absolute Gasteiger partial charge is 0.389 e. The summed E-state index contributed by atoms with van der Waals surface area (Å²) < 4.78 is 110. The van der Waals surface area contributed by atoms with E-state index < -0.39 is 46.0 Å². The number of rotatable bonds is 18. The minimum atomic E-state index is -4.15. The van der Waals surface area contributed by atoms with Crippen LogP contribution < -0.4 is 5.40 Å². The van der Waals surface area contributed by atoms with Gasteiger partial charge in [-0.1, -0.05) is 57.8 Å². The van der Waals surface area contributed by atoms with Crippen molar-refractivity contribution in [2.75, 3.05) is 0 Å². The molecule has 2 N–H and O–H groups in total.